The van der Waals surface area contributed by atoms with Crippen molar-refractivity contribution in [2.24, 2.45) is 0 Å². The van der Waals surface area contributed by atoms with Gasteiger partial charge in [-0.25, -0.2) is 0 Å². The molecule has 0 saturated heterocycles. The average Bonchev–Trinajstić information content (AvgIpc) is 2.95. The van der Waals surface area contributed by atoms with Gasteiger partial charge in [0.1, 0.15) is 6.61 Å². The van der Waals surface area contributed by atoms with Crippen molar-refractivity contribution in [3.05, 3.63) is 0 Å². The molecule has 40 heavy (non-hydrogen) atoms. The molecule has 0 atom stereocenters. The van der Waals surface area contributed by atoms with Crippen molar-refractivity contribution in [3.8, 4) is 0 Å². The lowest BCUT2D eigenvalue weighted by Gasteiger charge is -2.28. The molecule has 0 aliphatic carbocycles. The molecule has 0 aromatic heterocycles. The maximum Gasteiger partial charge on any atom is 0.248 e. The molecule has 0 N–H and O–H groups in total. The Kier molecular flexibility index (Phi) is 29.5. The third kappa shape index (κ3) is 27.6. The summed E-state index contributed by atoms with van der Waals surface area (Å²) >= 11 is 0. The van der Waals surface area contributed by atoms with Crippen LogP contribution in [0.25, 0.3) is 0 Å². The van der Waals surface area contributed by atoms with E-state index in [9.17, 15) is 4.79 Å². The highest BCUT2D eigenvalue weighted by molar-refractivity contribution is 5.77. The predicted molar refractivity (Wildman–Crippen MR) is 178 cm³/mol. The molecule has 0 saturated carbocycles. The molecule has 240 valence electrons. The normalized spacial score (nSPS) is 11.8. The number of unbranched alkanes of at least 4 members (excludes halogenated alkanes) is 23. The minimum atomic E-state index is -0.205. The van der Waals surface area contributed by atoms with Crippen LogP contribution in [0.4, 0.5) is 0 Å². The van der Waals surface area contributed by atoms with E-state index in [4.69, 9.17) is 4.74 Å². The van der Waals surface area contributed by atoms with Gasteiger partial charge in [0.05, 0.1) is 5.60 Å². The summed E-state index contributed by atoms with van der Waals surface area (Å²) in [6, 6.07) is 0. The first kappa shape index (κ1) is 39.4. The van der Waals surface area contributed by atoms with Gasteiger partial charge in [-0.1, -0.05) is 175 Å². The molecule has 0 heterocycles. The van der Waals surface area contributed by atoms with E-state index in [2.05, 4.69) is 39.5 Å². The monoisotopic (exact) mass is 566 g/mol. The second-order valence-electron chi connectivity index (χ2n) is 13.3. The first-order chi connectivity index (χ1) is 19.5. The minimum Gasteiger partial charge on any atom is -0.366 e. The second-order valence-corrected chi connectivity index (χ2v) is 13.3. The summed E-state index contributed by atoms with van der Waals surface area (Å²) in [7, 11) is 0. The van der Waals surface area contributed by atoms with Crippen LogP contribution in [0.5, 0.6) is 0 Å². The number of hydrogen-bond acceptors (Lipinski definition) is 2. The van der Waals surface area contributed by atoms with Gasteiger partial charge in [-0.15, -0.1) is 0 Å². The van der Waals surface area contributed by atoms with Gasteiger partial charge in [-0.05, 0) is 33.1 Å². The molecule has 3 heteroatoms. The Morgan fingerprint density at radius 3 is 1.10 bits per heavy atom. The van der Waals surface area contributed by atoms with Crippen molar-refractivity contribution in [3.63, 3.8) is 0 Å². The van der Waals surface area contributed by atoms with E-state index in [0.29, 0.717) is 0 Å². The summed E-state index contributed by atoms with van der Waals surface area (Å²) in [6.45, 7) is 13.1. The fourth-order valence-corrected chi connectivity index (χ4v) is 5.67. The number of amides is 1. The molecular weight excluding hydrogens is 490 g/mol. The molecule has 0 bridgehead atoms. The Hall–Kier alpha value is -0.570. The molecule has 0 radical (unpaired) electrons. The molecule has 1 amide bonds. The van der Waals surface area contributed by atoms with Crippen molar-refractivity contribution in [1.82, 2.24) is 4.90 Å². The quantitative estimate of drug-likeness (QED) is 0.0759. The first-order valence-electron chi connectivity index (χ1n) is 18.4. The van der Waals surface area contributed by atoms with Crippen LogP contribution in [0.1, 0.15) is 208 Å². The zero-order valence-corrected chi connectivity index (χ0v) is 28.5. The largest absolute Gasteiger partial charge is 0.366 e. The molecule has 0 aromatic carbocycles. The summed E-state index contributed by atoms with van der Waals surface area (Å²) in [5.74, 6) is 0.204. The van der Waals surface area contributed by atoms with E-state index in [0.717, 1.165) is 38.8 Å². The lowest BCUT2D eigenvalue weighted by molar-refractivity contribution is -0.142. The van der Waals surface area contributed by atoms with Crippen molar-refractivity contribution >= 4 is 5.91 Å². The summed E-state index contributed by atoms with van der Waals surface area (Å²) in [6.07, 6.45) is 35.9. The highest BCUT2D eigenvalue weighted by Crippen LogP contribution is 2.19. The van der Waals surface area contributed by atoms with Gasteiger partial charge in [0.15, 0.2) is 0 Å². The lowest BCUT2D eigenvalue weighted by atomic mass is 10.0. The van der Waals surface area contributed by atoms with Crippen LogP contribution in [0.3, 0.4) is 0 Å². The number of rotatable bonds is 32. The highest BCUT2D eigenvalue weighted by Gasteiger charge is 2.21. The molecule has 0 unspecified atom stereocenters. The third-order valence-corrected chi connectivity index (χ3v) is 8.63. The van der Waals surface area contributed by atoms with Crippen molar-refractivity contribution in [2.45, 2.75) is 214 Å². The van der Waals surface area contributed by atoms with Gasteiger partial charge in [-0.2, -0.15) is 0 Å². The molecule has 0 aromatic rings. The third-order valence-electron chi connectivity index (χ3n) is 8.63. The lowest BCUT2D eigenvalue weighted by Crippen LogP contribution is -2.38. The Labute approximate surface area is 253 Å². The van der Waals surface area contributed by atoms with Gasteiger partial charge >= 0.3 is 0 Å². The Bertz CT molecular complexity index is 490. The zero-order valence-electron chi connectivity index (χ0n) is 28.5. The van der Waals surface area contributed by atoms with Crippen molar-refractivity contribution < 1.29 is 9.53 Å². The molecule has 0 fully saturated rings. The summed E-state index contributed by atoms with van der Waals surface area (Å²) in [5.41, 5.74) is -0.205. The predicted octanol–water partition coefficient (Wildman–Crippen LogP) is 12.2. The second kappa shape index (κ2) is 29.9. The molecule has 0 aliphatic heterocycles. The van der Waals surface area contributed by atoms with E-state index in [-0.39, 0.29) is 18.1 Å². The number of ether oxygens (including phenoxy) is 1. The topological polar surface area (TPSA) is 29.5 Å². The molecule has 0 aliphatic rings. The Morgan fingerprint density at radius 1 is 0.475 bits per heavy atom. The number of nitrogens with zero attached hydrogens (tertiary/aromatic N) is 1. The van der Waals surface area contributed by atoms with E-state index >= 15 is 0 Å². The van der Waals surface area contributed by atoms with Crippen LogP contribution < -0.4 is 0 Å². The van der Waals surface area contributed by atoms with E-state index in [1.54, 1.807) is 0 Å². The van der Waals surface area contributed by atoms with E-state index in [1.807, 2.05) is 0 Å². The van der Waals surface area contributed by atoms with Gasteiger partial charge in [0.25, 0.3) is 0 Å². The van der Waals surface area contributed by atoms with E-state index < -0.39 is 0 Å². The molecule has 3 nitrogen and oxygen atoms in total. The molecule has 0 spiro atoms. The van der Waals surface area contributed by atoms with Crippen molar-refractivity contribution in [2.75, 3.05) is 19.7 Å². The van der Waals surface area contributed by atoms with Gasteiger partial charge < -0.3 is 9.64 Å². The first-order valence-corrected chi connectivity index (χ1v) is 18.4. The zero-order chi connectivity index (χ0) is 29.6. The minimum absolute atomic E-state index is 0.204. The van der Waals surface area contributed by atoms with Crippen LogP contribution in [0.15, 0.2) is 0 Å². The fourth-order valence-electron chi connectivity index (χ4n) is 5.67. The van der Waals surface area contributed by atoms with Gasteiger partial charge in [-0.3, -0.25) is 4.79 Å². The number of hydrogen-bond donors (Lipinski definition) is 0. The summed E-state index contributed by atoms with van der Waals surface area (Å²) in [4.78, 5) is 15.3. The van der Waals surface area contributed by atoms with E-state index in [1.165, 1.54) is 148 Å². The Balaban J connectivity index is 4.17. The highest BCUT2D eigenvalue weighted by atomic mass is 16.5. The van der Waals surface area contributed by atoms with Gasteiger partial charge in [0, 0.05) is 13.1 Å². The molecule has 0 rings (SSSR count). The SMILES string of the molecule is CCCCCCCCCCCCCCN(CCCCCCCCCCCCCC)C(=O)COC(C)(C)CCCC. The van der Waals surface area contributed by atoms with Crippen LogP contribution in [-0.2, 0) is 9.53 Å². The number of carbonyl (C=O) groups is 1. The fraction of sp³-hybridized carbons (Fsp3) is 0.973. The number of carbonyl (C=O) groups excluding carboxylic acids is 1. The smallest absolute Gasteiger partial charge is 0.248 e. The van der Waals surface area contributed by atoms with Crippen LogP contribution >= 0.6 is 0 Å². The van der Waals surface area contributed by atoms with Crippen LogP contribution in [0.2, 0.25) is 0 Å². The average molecular weight is 566 g/mol. The molecular formula is C37H75NO2. The van der Waals surface area contributed by atoms with Gasteiger partial charge in [0.2, 0.25) is 5.91 Å². The summed E-state index contributed by atoms with van der Waals surface area (Å²) < 4.78 is 6.11. The van der Waals surface area contributed by atoms with Crippen molar-refractivity contribution in [1.29, 1.82) is 0 Å². The standard InChI is InChI=1S/C37H75NO2/c1-6-9-12-14-16-18-20-22-24-26-28-30-33-38(36(39)35-40-37(4,5)32-11-8-3)34-31-29-27-25-23-21-19-17-15-13-10-7-2/h6-35H2,1-5H3. The summed E-state index contributed by atoms with van der Waals surface area (Å²) in [5, 5.41) is 0. The maximum absolute atomic E-state index is 13.1. The maximum atomic E-state index is 13.1. The van der Waals surface area contributed by atoms with Crippen LogP contribution in [-0.4, -0.2) is 36.1 Å². The Morgan fingerprint density at radius 2 is 0.775 bits per heavy atom. The van der Waals surface area contributed by atoms with Crippen LogP contribution in [0, 0.1) is 0 Å².